The molecule has 2 aromatic carbocycles. The molecule has 0 aliphatic carbocycles. The molecule has 0 saturated carbocycles. The molecule has 0 bridgehead atoms. The Kier molecular flexibility index (Phi) is 3.67. The minimum atomic E-state index is -0.279. The maximum atomic E-state index is 6.16. The van der Waals surface area contributed by atoms with Crippen molar-refractivity contribution >= 4 is 11.0 Å². The van der Waals surface area contributed by atoms with Gasteiger partial charge in [-0.3, -0.25) is 0 Å². The summed E-state index contributed by atoms with van der Waals surface area (Å²) in [5.41, 5.74) is 9.48. The molecule has 0 aliphatic rings. The number of hydrogen-bond acceptors (Lipinski definition) is 3. The number of furan rings is 1. The zero-order chi connectivity index (χ0) is 14.8. The molecule has 3 heteroatoms. The van der Waals surface area contributed by atoms with Gasteiger partial charge in [-0.05, 0) is 49.2 Å². The van der Waals surface area contributed by atoms with E-state index < -0.39 is 0 Å². The Labute approximate surface area is 124 Å². The molecule has 3 rings (SSSR count). The largest absolute Gasteiger partial charge is 0.491 e. The SMILES string of the molecule is Cc1ccc(OCC(N)c2cc3ccccc3o2)cc1C. The molecule has 0 fully saturated rings. The number of benzene rings is 2. The molecule has 1 unspecified atom stereocenters. The summed E-state index contributed by atoms with van der Waals surface area (Å²) < 4.78 is 11.5. The van der Waals surface area contributed by atoms with Crippen LogP contribution in [-0.2, 0) is 0 Å². The molecule has 3 aromatic rings. The van der Waals surface area contributed by atoms with Crippen LogP contribution in [0.15, 0.2) is 52.9 Å². The van der Waals surface area contributed by atoms with E-state index in [1.54, 1.807) is 0 Å². The molecule has 1 atom stereocenters. The first-order chi connectivity index (χ1) is 10.1. The lowest BCUT2D eigenvalue weighted by Gasteiger charge is -2.12. The highest BCUT2D eigenvalue weighted by molar-refractivity contribution is 5.77. The molecular formula is C18H19NO2. The van der Waals surface area contributed by atoms with Crippen molar-refractivity contribution in [1.82, 2.24) is 0 Å². The zero-order valence-electron chi connectivity index (χ0n) is 12.3. The summed E-state index contributed by atoms with van der Waals surface area (Å²) in [7, 11) is 0. The van der Waals surface area contributed by atoms with Gasteiger partial charge in [0.15, 0.2) is 0 Å². The van der Waals surface area contributed by atoms with Crippen LogP contribution in [-0.4, -0.2) is 6.61 Å². The van der Waals surface area contributed by atoms with Gasteiger partial charge < -0.3 is 14.9 Å². The van der Waals surface area contributed by atoms with E-state index in [1.807, 2.05) is 42.5 Å². The average molecular weight is 281 g/mol. The fraction of sp³-hybridized carbons (Fsp3) is 0.222. The summed E-state index contributed by atoms with van der Waals surface area (Å²) in [6, 6.07) is 15.6. The number of fused-ring (bicyclic) bond motifs is 1. The van der Waals surface area contributed by atoms with Gasteiger partial charge in [-0.1, -0.05) is 24.3 Å². The Bertz CT molecular complexity index is 728. The van der Waals surface area contributed by atoms with Crippen molar-refractivity contribution in [3.05, 3.63) is 65.4 Å². The number of para-hydroxylation sites is 1. The van der Waals surface area contributed by atoms with Crippen LogP contribution in [0.4, 0.5) is 0 Å². The first-order valence-corrected chi connectivity index (χ1v) is 7.07. The molecule has 0 amide bonds. The third kappa shape index (κ3) is 2.93. The smallest absolute Gasteiger partial charge is 0.134 e. The lowest BCUT2D eigenvalue weighted by Crippen LogP contribution is -2.18. The normalized spacial score (nSPS) is 12.5. The predicted molar refractivity (Wildman–Crippen MR) is 84.6 cm³/mol. The second-order valence-corrected chi connectivity index (χ2v) is 5.35. The topological polar surface area (TPSA) is 48.4 Å². The Morgan fingerprint density at radius 3 is 2.62 bits per heavy atom. The molecule has 108 valence electrons. The van der Waals surface area contributed by atoms with Crippen LogP contribution < -0.4 is 10.5 Å². The predicted octanol–water partition coefficient (Wildman–Crippen LogP) is 4.13. The van der Waals surface area contributed by atoms with Crippen molar-refractivity contribution < 1.29 is 9.15 Å². The molecule has 1 aromatic heterocycles. The average Bonchev–Trinajstić information content (AvgIpc) is 2.92. The third-order valence-corrected chi connectivity index (χ3v) is 3.72. The molecule has 0 aliphatic heterocycles. The van der Waals surface area contributed by atoms with Gasteiger partial charge in [0.25, 0.3) is 0 Å². The first-order valence-electron chi connectivity index (χ1n) is 7.07. The fourth-order valence-electron chi connectivity index (χ4n) is 2.26. The summed E-state index contributed by atoms with van der Waals surface area (Å²) in [5, 5.41) is 1.06. The molecule has 0 radical (unpaired) electrons. The fourth-order valence-corrected chi connectivity index (χ4v) is 2.26. The first kappa shape index (κ1) is 13.7. The van der Waals surface area contributed by atoms with Gasteiger partial charge in [0.1, 0.15) is 23.7 Å². The van der Waals surface area contributed by atoms with Gasteiger partial charge >= 0.3 is 0 Å². The van der Waals surface area contributed by atoms with Crippen LogP contribution >= 0.6 is 0 Å². The van der Waals surface area contributed by atoms with Crippen LogP contribution in [0, 0.1) is 13.8 Å². The Hall–Kier alpha value is -2.26. The van der Waals surface area contributed by atoms with E-state index in [0.29, 0.717) is 6.61 Å². The standard InChI is InChI=1S/C18H19NO2/c1-12-7-8-15(9-13(12)2)20-11-16(19)18-10-14-5-3-4-6-17(14)21-18/h3-10,16H,11,19H2,1-2H3. The quantitative estimate of drug-likeness (QED) is 0.782. The summed E-state index contributed by atoms with van der Waals surface area (Å²) in [5.74, 6) is 1.59. The van der Waals surface area contributed by atoms with Gasteiger partial charge in [-0.25, -0.2) is 0 Å². The summed E-state index contributed by atoms with van der Waals surface area (Å²) in [6.07, 6.45) is 0. The highest BCUT2D eigenvalue weighted by Crippen LogP contribution is 2.24. The summed E-state index contributed by atoms with van der Waals surface area (Å²) in [4.78, 5) is 0. The van der Waals surface area contributed by atoms with Crippen LogP contribution in [0.2, 0.25) is 0 Å². The molecule has 1 heterocycles. The van der Waals surface area contributed by atoms with E-state index in [1.165, 1.54) is 11.1 Å². The number of ether oxygens (including phenoxy) is 1. The van der Waals surface area contributed by atoms with Crippen LogP contribution in [0.5, 0.6) is 5.75 Å². The Morgan fingerprint density at radius 2 is 1.86 bits per heavy atom. The second kappa shape index (κ2) is 5.62. The van der Waals surface area contributed by atoms with E-state index in [-0.39, 0.29) is 6.04 Å². The van der Waals surface area contributed by atoms with Gasteiger partial charge in [-0.2, -0.15) is 0 Å². The van der Waals surface area contributed by atoms with E-state index in [4.69, 9.17) is 14.9 Å². The number of rotatable bonds is 4. The molecule has 3 nitrogen and oxygen atoms in total. The lowest BCUT2D eigenvalue weighted by molar-refractivity contribution is 0.275. The summed E-state index contributed by atoms with van der Waals surface area (Å²) >= 11 is 0. The third-order valence-electron chi connectivity index (χ3n) is 3.72. The van der Waals surface area contributed by atoms with Crippen molar-refractivity contribution in [3.63, 3.8) is 0 Å². The minimum absolute atomic E-state index is 0.279. The van der Waals surface area contributed by atoms with Crippen molar-refractivity contribution in [2.75, 3.05) is 6.61 Å². The van der Waals surface area contributed by atoms with Crippen molar-refractivity contribution in [2.45, 2.75) is 19.9 Å². The molecule has 2 N–H and O–H groups in total. The maximum absolute atomic E-state index is 6.16. The molecule has 0 spiro atoms. The molecular weight excluding hydrogens is 262 g/mol. The van der Waals surface area contributed by atoms with E-state index in [9.17, 15) is 0 Å². The van der Waals surface area contributed by atoms with Crippen LogP contribution in [0.1, 0.15) is 22.9 Å². The second-order valence-electron chi connectivity index (χ2n) is 5.35. The summed E-state index contributed by atoms with van der Waals surface area (Å²) in [6.45, 7) is 4.54. The number of aryl methyl sites for hydroxylation is 2. The van der Waals surface area contributed by atoms with Gasteiger partial charge in [-0.15, -0.1) is 0 Å². The lowest BCUT2D eigenvalue weighted by atomic mass is 10.1. The van der Waals surface area contributed by atoms with E-state index in [2.05, 4.69) is 19.9 Å². The minimum Gasteiger partial charge on any atom is -0.491 e. The van der Waals surface area contributed by atoms with Crippen LogP contribution in [0.3, 0.4) is 0 Å². The van der Waals surface area contributed by atoms with Crippen molar-refractivity contribution in [2.24, 2.45) is 5.73 Å². The molecule has 0 saturated heterocycles. The van der Waals surface area contributed by atoms with Crippen LogP contribution in [0.25, 0.3) is 11.0 Å². The van der Waals surface area contributed by atoms with Gasteiger partial charge in [0.2, 0.25) is 0 Å². The zero-order valence-corrected chi connectivity index (χ0v) is 12.3. The highest BCUT2D eigenvalue weighted by Gasteiger charge is 2.13. The van der Waals surface area contributed by atoms with Gasteiger partial charge in [0.05, 0.1) is 6.04 Å². The van der Waals surface area contributed by atoms with E-state index in [0.717, 1.165) is 22.5 Å². The Morgan fingerprint density at radius 1 is 1.05 bits per heavy atom. The Balaban J connectivity index is 1.70. The van der Waals surface area contributed by atoms with Crippen molar-refractivity contribution in [1.29, 1.82) is 0 Å². The number of hydrogen-bond donors (Lipinski definition) is 1. The molecule has 21 heavy (non-hydrogen) atoms. The van der Waals surface area contributed by atoms with E-state index >= 15 is 0 Å². The highest BCUT2D eigenvalue weighted by atomic mass is 16.5. The van der Waals surface area contributed by atoms with Crippen molar-refractivity contribution in [3.8, 4) is 5.75 Å². The monoisotopic (exact) mass is 281 g/mol. The number of nitrogens with two attached hydrogens (primary N) is 1. The van der Waals surface area contributed by atoms with Gasteiger partial charge in [0, 0.05) is 5.39 Å². The maximum Gasteiger partial charge on any atom is 0.134 e.